The van der Waals surface area contributed by atoms with Gasteiger partial charge >= 0.3 is 37.9 Å². The van der Waals surface area contributed by atoms with Gasteiger partial charge in [-0.15, -0.1) is 69.1 Å². The Morgan fingerprint density at radius 2 is 1.06 bits per heavy atom. The van der Waals surface area contributed by atoms with Gasteiger partial charge in [-0.25, -0.2) is 0 Å². The van der Waals surface area contributed by atoms with E-state index >= 15 is 0 Å². The van der Waals surface area contributed by atoms with Crippen LogP contribution in [-0.4, -0.2) is 9.52 Å². The van der Waals surface area contributed by atoms with Gasteiger partial charge in [-0.3, -0.25) is 0 Å². The maximum absolute atomic E-state index is 4.93. The van der Waals surface area contributed by atoms with Gasteiger partial charge in [0.15, 0.2) is 0 Å². The summed E-state index contributed by atoms with van der Waals surface area (Å²) >= 11 is -0.826. The van der Waals surface area contributed by atoms with E-state index < -0.39 is 20.8 Å². The number of halogens is 2. The molecule has 6 aromatic carbocycles. The molecule has 6 aromatic rings. The summed E-state index contributed by atoms with van der Waals surface area (Å²) in [5.74, 6) is 1.85. The van der Waals surface area contributed by atoms with Crippen LogP contribution in [0.2, 0.25) is 13.1 Å². The van der Waals surface area contributed by atoms with Gasteiger partial charge in [0.25, 0.3) is 0 Å². The van der Waals surface area contributed by atoms with Gasteiger partial charge in [-0.1, -0.05) is 140 Å². The molecule has 48 heavy (non-hydrogen) atoms. The molecule has 0 aromatic heterocycles. The second-order valence-electron chi connectivity index (χ2n) is 13.0. The van der Waals surface area contributed by atoms with Crippen LogP contribution in [0.4, 0.5) is 0 Å². The monoisotopic (exact) mass is 768 g/mol. The number of hydrogen-bond acceptors (Lipinski definition) is 0. The molecule has 0 aliphatic rings. The van der Waals surface area contributed by atoms with Crippen molar-refractivity contribution in [1.29, 1.82) is 0 Å². The third kappa shape index (κ3) is 10.9. The summed E-state index contributed by atoms with van der Waals surface area (Å²) in [5, 5.41) is 5.45. The Morgan fingerprint density at radius 3 is 1.52 bits per heavy atom. The minimum absolute atomic E-state index is 0.584. The van der Waals surface area contributed by atoms with Gasteiger partial charge in [-0.2, -0.15) is 12.1 Å². The van der Waals surface area contributed by atoms with E-state index in [-0.39, 0.29) is 0 Å². The molecule has 0 heterocycles. The second kappa shape index (κ2) is 20.5. The van der Waals surface area contributed by atoms with E-state index in [2.05, 4.69) is 171 Å². The number of aryl methyl sites for hydroxylation is 1. The molecule has 6 rings (SSSR count). The quantitative estimate of drug-likeness (QED) is 0.112. The number of hydrogen-bond donors (Lipinski definition) is 0. The summed E-state index contributed by atoms with van der Waals surface area (Å²) in [6, 6.07) is 40.6. The molecule has 0 N–H and O–H groups in total. The molecule has 0 nitrogen and oxygen atoms in total. The van der Waals surface area contributed by atoms with Crippen LogP contribution >= 0.6 is 17.0 Å². The molecule has 0 aliphatic heterocycles. The molecular weight excluding hydrogens is 719 g/mol. The van der Waals surface area contributed by atoms with Crippen molar-refractivity contribution in [3.05, 3.63) is 131 Å². The first kappa shape index (κ1) is 40.2. The predicted octanol–water partition coefficient (Wildman–Crippen LogP) is 15.1. The average Bonchev–Trinajstić information content (AvgIpc) is 3.72. The molecule has 2 unspecified atom stereocenters. The van der Waals surface area contributed by atoms with E-state index in [0.717, 1.165) is 9.52 Å². The van der Waals surface area contributed by atoms with Crippen molar-refractivity contribution in [3.8, 4) is 22.3 Å². The van der Waals surface area contributed by atoms with Gasteiger partial charge in [0.1, 0.15) is 0 Å². The van der Waals surface area contributed by atoms with Crippen LogP contribution in [0, 0.1) is 6.92 Å². The first-order valence-corrected chi connectivity index (χ1v) is 25.6. The van der Waals surface area contributed by atoms with E-state index in [4.69, 9.17) is 17.0 Å². The molecule has 0 bridgehead atoms. The van der Waals surface area contributed by atoms with Gasteiger partial charge in [0.2, 0.25) is 0 Å². The van der Waals surface area contributed by atoms with Crippen LogP contribution in [-0.2, 0) is 20.8 Å². The van der Waals surface area contributed by atoms with E-state index in [1.54, 1.807) is 0 Å². The molecule has 250 valence electrons. The second-order valence-corrected chi connectivity index (χ2v) is 17.8. The van der Waals surface area contributed by atoms with Crippen LogP contribution in [0.25, 0.3) is 43.8 Å². The summed E-state index contributed by atoms with van der Waals surface area (Å²) in [7, 11) is 11.0. The van der Waals surface area contributed by atoms with Gasteiger partial charge in [0, 0.05) is 9.52 Å². The Kier molecular flexibility index (Phi) is 17.1. The molecule has 0 saturated heterocycles. The molecular formula is C44H52Cl2SiZr. The third-order valence-corrected chi connectivity index (χ3v) is 9.14. The first-order valence-electron chi connectivity index (χ1n) is 17.2. The van der Waals surface area contributed by atoms with Gasteiger partial charge in [-0.05, 0) is 46.4 Å². The first-order chi connectivity index (χ1) is 23.1. The van der Waals surface area contributed by atoms with Crippen molar-refractivity contribution in [3.63, 3.8) is 0 Å². The Hall–Kier alpha value is -2.22. The van der Waals surface area contributed by atoms with E-state index in [1.165, 1.54) is 78.9 Å². The topological polar surface area (TPSA) is 0 Å². The van der Waals surface area contributed by atoms with E-state index in [0.29, 0.717) is 17.8 Å². The Morgan fingerprint density at radius 1 is 0.625 bits per heavy atom. The van der Waals surface area contributed by atoms with Gasteiger partial charge < -0.3 is 0 Å². The third-order valence-electron chi connectivity index (χ3n) is 9.14. The van der Waals surface area contributed by atoms with Crippen molar-refractivity contribution in [2.75, 3.05) is 0 Å². The molecule has 2 radical (unpaired) electrons. The van der Waals surface area contributed by atoms with Crippen molar-refractivity contribution in [1.82, 2.24) is 0 Å². The zero-order valence-corrected chi connectivity index (χ0v) is 35.3. The normalized spacial score (nSPS) is 11.8. The zero-order chi connectivity index (χ0) is 35.2. The standard InChI is InChI=1S/C22H25.C20H21.C2H6Si.2ClH.Zr/c1-5-16(4)20-13-19-7-6-8-21(22(19)14-20)18-11-9-17(10-12-18)15(2)3;1-4-15(3)16-8-10-17(11-9-16)19-7-5-6-18-12-14(2)13-20(18)19;1-3-2;;;/h6-16H,5H2,1-4H3;5-13,15H,4H2,1-3H3;1-2H3;2*1H;/q2*-1;;;;+4/p-2. The van der Waals surface area contributed by atoms with Crippen LogP contribution in [0.3, 0.4) is 0 Å². The molecule has 0 amide bonds. The minimum atomic E-state index is -0.826. The zero-order valence-electron chi connectivity index (χ0n) is 30.3. The number of benzene rings is 4. The van der Waals surface area contributed by atoms with Crippen molar-refractivity contribution in [2.45, 2.75) is 92.2 Å². The Balaban J connectivity index is 0.000000225. The number of rotatable bonds is 7. The Labute approximate surface area is 312 Å². The van der Waals surface area contributed by atoms with Crippen LogP contribution < -0.4 is 0 Å². The summed E-state index contributed by atoms with van der Waals surface area (Å²) in [6.07, 6.45) is 2.38. The molecule has 0 aliphatic carbocycles. The summed E-state index contributed by atoms with van der Waals surface area (Å²) < 4.78 is 0. The molecule has 4 heteroatoms. The SMILES string of the molecule is CCC(C)c1cc2c(-c3ccc(C(C)C)cc3)cccc2[cH-]1.CCC(C)c1ccc(-c2cccc3[cH-]c(C)cc23)cc1.C[Si]C.[Cl][Zr+2][Cl]. The molecule has 0 fully saturated rings. The summed E-state index contributed by atoms with van der Waals surface area (Å²) in [6.45, 7) is 20.0. The fraction of sp³-hybridized carbons (Fsp3) is 0.318. The predicted molar refractivity (Wildman–Crippen MR) is 215 cm³/mol. The van der Waals surface area contributed by atoms with E-state index in [1.807, 2.05) is 0 Å². The number of fused-ring (bicyclic) bond motifs is 2. The summed E-state index contributed by atoms with van der Waals surface area (Å²) in [5.41, 5.74) is 11.0. The van der Waals surface area contributed by atoms with Crippen molar-refractivity contribution < 1.29 is 20.8 Å². The van der Waals surface area contributed by atoms with Crippen LogP contribution in [0.15, 0.2) is 109 Å². The van der Waals surface area contributed by atoms with Gasteiger partial charge in [0.05, 0.1) is 0 Å². The van der Waals surface area contributed by atoms with Crippen LogP contribution in [0.5, 0.6) is 0 Å². The van der Waals surface area contributed by atoms with Crippen LogP contribution in [0.1, 0.15) is 94.4 Å². The molecule has 0 saturated carbocycles. The van der Waals surface area contributed by atoms with Crippen molar-refractivity contribution in [2.24, 2.45) is 0 Å². The fourth-order valence-corrected chi connectivity index (χ4v) is 5.94. The van der Waals surface area contributed by atoms with E-state index in [9.17, 15) is 0 Å². The summed E-state index contributed by atoms with van der Waals surface area (Å²) in [4.78, 5) is 0. The maximum atomic E-state index is 4.93. The van der Waals surface area contributed by atoms with Crippen molar-refractivity contribution >= 4 is 48.1 Å². The molecule has 0 spiro atoms. The average molecular weight is 771 g/mol. The fourth-order valence-electron chi connectivity index (χ4n) is 5.94. The Bertz CT molecular complexity index is 1790. The molecule has 2 atom stereocenters.